The van der Waals surface area contributed by atoms with Crippen LogP contribution in [0, 0.1) is 12.8 Å². The summed E-state index contributed by atoms with van der Waals surface area (Å²) in [5.41, 5.74) is 5.80. The lowest BCUT2D eigenvalue weighted by atomic mass is 10.0. The Morgan fingerprint density at radius 1 is 1.07 bits per heavy atom. The molecule has 1 aliphatic rings. The Morgan fingerprint density at radius 3 is 2.67 bits per heavy atom. The summed E-state index contributed by atoms with van der Waals surface area (Å²) in [7, 11) is 1.88. The fourth-order valence-electron chi connectivity index (χ4n) is 2.97. The van der Waals surface area contributed by atoms with Gasteiger partial charge in [0.15, 0.2) is 0 Å². The summed E-state index contributed by atoms with van der Waals surface area (Å²) in [5, 5.41) is 6.00. The molecule has 2 heterocycles. The molecule has 1 aromatic carbocycles. The van der Waals surface area contributed by atoms with E-state index in [9.17, 15) is 4.79 Å². The summed E-state index contributed by atoms with van der Waals surface area (Å²) < 4.78 is 0. The van der Waals surface area contributed by atoms with Crippen LogP contribution in [0.2, 0.25) is 0 Å². The number of carbonyl (C=O) groups excluding carboxylic acids is 1. The molecule has 2 aromatic heterocycles. The number of nitrogens with one attached hydrogen (secondary N) is 2. The van der Waals surface area contributed by atoms with Crippen LogP contribution >= 0.6 is 0 Å². The molecule has 2 N–H and O–H groups in total. The van der Waals surface area contributed by atoms with Gasteiger partial charge in [-0.15, -0.1) is 0 Å². The number of hydrogen-bond acceptors (Lipinski definition) is 5. The van der Waals surface area contributed by atoms with E-state index in [1.165, 1.54) is 6.33 Å². The van der Waals surface area contributed by atoms with Gasteiger partial charge in [-0.1, -0.05) is 18.2 Å². The number of anilines is 2. The van der Waals surface area contributed by atoms with E-state index in [2.05, 4.69) is 43.8 Å². The van der Waals surface area contributed by atoms with Gasteiger partial charge in [0.2, 0.25) is 5.91 Å². The van der Waals surface area contributed by atoms with Gasteiger partial charge in [-0.25, -0.2) is 9.97 Å². The molecule has 1 amide bonds. The molecule has 0 radical (unpaired) electrons. The molecule has 6 nitrogen and oxygen atoms in total. The second-order valence-corrected chi connectivity index (χ2v) is 6.74. The molecule has 3 aromatic rings. The van der Waals surface area contributed by atoms with E-state index >= 15 is 0 Å². The molecular weight excluding hydrogens is 338 g/mol. The normalized spacial score (nSPS) is 13.3. The highest BCUT2D eigenvalue weighted by molar-refractivity contribution is 5.93. The second kappa shape index (κ2) is 7.15. The topological polar surface area (TPSA) is 79.8 Å². The quantitative estimate of drug-likeness (QED) is 0.722. The first-order chi connectivity index (χ1) is 13.1. The number of nitrogens with zero attached hydrogens (tertiary/aromatic N) is 3. The molecule has 0 aliphatic heterocycles. The third-order valence-corrected chi connectivity index (χ3v) is 4.71. The minimum atomic E-state index is 0.0407. The summed E-state index contributed by atoms with van der Waals surface area (Å²) >= 11 is 0. The van der Waals surface area contributed by atoms with E-state index < -0.39 is 0 Å². The molecule has 0 saturated heterocycles. The summed E-state index contributed by atoms with van der Waals surface area (Å²) in [4.78, 5) is 25.0. The minimum Gasteiger partial charge on any atom is -0.387 e. The number of amides is 1. The molecule has 0 bridgehead atoms. The maximum atomic E-state index is 12.0. The zero-order valence-corrected chi connectivity index (χ0v) is 15.4. The van der Waals surface area contributed by atoms with Crippen LogP contribution in [0.15, 0.2) is 48.9 Å². The number of aryl methyl sites for hydroxylation is 1. The molecule has 1 aliphatic carbocycles. The number of pyridine rings is 1. The van der Waals surface area contributed by atoms with Crippen molar-refractivity contribution in [3.63, 3.8) is 0 Å². The van der Waals surface area contributed by atoms with E-state index in [1.807, 2.05) is 38.4 Å². The van der Waals surface area contributed by atoms with Gasteiger partial charge in [0.1, 0.15) is 12.1 Å². The predicted molar refractivity (Wildman–Crippen MR) is 106 cm³/mol. The van der Waals surface area contributed by atoms with Crippen LogP contribution in [-0.2, 0) is 4.79 Å². The fraction of sp³-hybridized carbons (Fsp3) is 0.238. The van der Waals surface area contributed by atoms with Gasteiger partial charge in [0.25, 0.3) is 0 Å². The Morgan fingerprint density at radius 2 is 1.89 bits per heavy atom. The Hall–Kier alpha value is -3.28. The highest BCUT2D eigenvalue weighted by Crippen LogP contribution is 2.31. The van der Waals surface area contributed by atoms with Crippen LogP contribution in [-0.4, -0.2) is 27.9 Å². The third kappa shape index (κ3) is 3.79. The smallest absolute Gasteiger partial charge is 0.228 e. The van der Waals surface area contributed by atoms with Crippen molar-refractivity contribution in [2.24, 2.45) is 5.92 Å². The van der Waals surface area contributed by atoms with Gasteiger partial charge in [-0.05, 0) is 37.5 Å². The largest absolute Gasteiger partial charge is 0.387 e. The Kier molecular flexibility index (Phi) is 4.54. The first kappa shape index (κ1) is 17.1. The highest BCUT2D eigenvalue weighted by Gasteiger charge is 2.29. The molecule has 4 rings (SSSR count). The van der Waals surface area contributed by atoms with E-state index in [4.69, 9.17) is 0 Å². The predicted octanol–water partition coefficient (Wildman–Crippen LogP) is 3.90. The maximum Gasteiger partial charge on any atom is 0.228 e. The Labute approximate surface area is 158 Å². The van der Waals surface area contributed by atoms with Crippen LogP contribution < -0.4 is 10.6 Å². The Balaban J connectivity index is 1.65. The molecule has 27 heavy (non-hydrogen) atoms. The van der Waals surface area contributed by atoms with E-state index in [0.29, 0.717) is 5.82 Å². The summed E-state index contributed by atoms with van der Waals surface area (Å²) in [6.07, 6.45) is 5.23. The third-order valence-electron chi connectivity index (χ3n) is 4.71. The first-order valence-electron chi connectivity index (χ1n) is 9.02. The van der Waals surface area contributed by atoms with Crippen LogP contribution in [0.4, 0.5) is 11.5 Å². The lowest BCUT2D eigenvalue weighted by Gasteiger charge is -2.10. The van der Waals surface area contributed by atoms with Crippen molar-refractivity contribution < 1.29 is 4.79 Å². The lowest BCUT2D eigenvalue weighted by Crippen LogP contribution is -2.14. The molecule has 136 valence electrons. The SMILES string of the molecule is CNc1cnc(C)c(-c2cccc(-c3cc(NC(=O)C4CC4)ncn3)c2)c1. The standard InChI is InChI=1S/C21H21N5O/c1-13-18(9-17(22-2)11-23-13)15-4-3-5-16(8-15)19-10-20(25-12-24-19)26-21(27)14-6-7-14/h3-5,8-12,14,22H,6-7H2,1-2H3,(H,24,25,26,27). The first-order valence-corrected chi connectivity index (χ1v) is 9.02. The van der Waals surface area contributed by atoms with Crippen molar-refractivity contribution in [1.82, 2.24) is 15.0 Å². The van der Waals surface area contributed by atoms with Crippen LogP contribution in [0.5, 0.6) is 0 Å². The molecule has 1 fully saturated rings. The number of carbonyl (C=O) groups is 1. The summed E-state index contributed by atoms with van der Waals surface area (Å²) in [6.45, 7) is 2.00. The van der Waals surface area contributed by atoms with E-state index in [1.54, 1.807) is 0 Å². The molecule has 0 atom stereocenters. The van der Waals surface area contributed by atoms with Gasteiger partial charge in [0.05, 0.1) is 17.6 Å². The van der Waals surface area contributed by atoms with Crippen molar-refractivity contribution >= 4 is 17.4 Å². The maximum absolute atomic E-state index is 12.0. The number of aromatic nitrogens is 3. The van der Waals surface area contributed by atoms with Crippen LogP contribution in [0.1, 0.15) is 18.5 Å². The second-order valence-electron chi connectivity index (χ2n) is 6.74. The highest BCUT2D eigenvalue weighted by atomic mass is 16.2. The summed E-state index contributed by atoms with van der Waals surface area (Å²) in [6, 6.07) is 12.0. The zero-order valence-electron chi connectivity index (χ0n) is 15.4. The number of hydrogen-bond donors (Lipinski definition) is 2. The van der Waals surface area contributed by atoms with E-state index in [0.717, 1.165) is 46.6 Å². The van der Waals surface area contributed by atoms with Gasteiger partial charge in [0, 0.05) is 35.9 Å². The van der Waals surface area contributed by atoms with Crippen molar-refractivity contribution in [2.45, 2.75) is 19.8 Å². The molecular formula is C21H21N5O. The van der Waals surface area contributed by atoms with Crippen molar-refractivity contribution in [1.29, 1.82) is 0 Å². The average molecular weight is 359 g/mol. The Bertz CT molecular complexity index is 997. The fourth-order valence-corrected chi connectivity index (χ4v) is 2.97. The lowest BCUT2D eigenvalue weighted by molar-refractivity contribution is -0.117. The average Bonchev–Trinajstić information content (AvgIpc) is 3.54. The van der Waals surface area contributed by atoms with Crippen molar-refractivity contribution in [3.8, 4) is 22.4 Å². The summed E-state index contributed by atoms with van der Waals surface area (Å²) in [5.74, 6) is 0.720. The van der Waals surface area contributed by atoms with Crippen molar-refractivity contribution in [3.05, 3.63) is 54.6 Å². The van der Waals surface area contributed by atoms with Gasteiger partial charge in [-0.2, -0.15) is 0 Å². The van der Waals surface area contributed by atoms with Crippen molar-refractivity contribution in [2.75, 3.05) is 17.7 Å². The molecule has 6 heteroatoms. The van der Waals surface area contributed by atoms with Crippen LogP contribution in [0.3, 0.4) is 0 Å². The molecule has 0 unspecified atom stereocenters. The van der Waals surface area contributed by atoms with Gasteiger partial charge in [-0.3, -0.25) is 9.78 Å². The van der Waals surface area contributed by atoms with Gasteiger partial charge < -0.3 is 10.6 Å². The molecule has 0 spiro atoms. The monoisotopic (exact) mass is 359 g/mol. The number of rotatable bonds is 5. The minimum absolute atomic E-state index is 0.0407. The molecule has 1 saturated carbocycles. The zero-order chi connectivity index (χ0) is 18.8. The number of benzene rings is 1. The van der Waals surface area contributed by atoms with E-state index in [-0.39, 0.29) is 11.8 Å². The van der Waals surface area contributed by atoms with Gasteiger partial charge >= 0.3 is 0 Å². The van der Waals surface area contributed by atoms with Crippen LogP contribution in [0.25, 0.3) is 22.4 Å².